The van der Waals surface area contributed by atoms with E-state index in [-0.39, 0.29) is 11.5 Å². The number of pyridine rings is 1. The average Bonchev–Trinajstić information content (AvgIpc) is 3.14. The second kappa shape index (κ2) is 7.19. The number of aryl methyl sites for hydroxylation is 1. The fourth-order valence-electron chi connectivity index (χ4n) is 3.25. The molecular formula is C19H21N3O3S. The lowest BCUT2D eigenvalue weighted by atomic mass is 9.98. The van der Waals surface area contributed by atoms with Crippen molar-refractivity contribution in [2.24, 2.45) is 13.0 Å². The molecular weight excluding hydrogens is 350 g/mol. The zero-order valence-electron chi connectivity index (χ0n) is 14.5. The smallest absolute Gasteiger partial charge is 0.258 e. The lowest BCUT2D eigenvalue weighted by Crippen LogP contribution is -2.33. The first-order valence-corrected chi connectivity index (χ1v) is 9.51. The summed E-state index contributed by atoms with van der Waals surface area (Å²) < 4.78 is 6.92. The number of aliphatic hydroxyl groups is 1. The van der Waals surface area contributed by atoms with E-state index < -0.39 is 6.23 Å². The van der Waals surface area contributed by atoms with Gasteiger partial charge in [0.1, 0.15) is 6.23 Å². The van der Waals surface area contributed by atoms with Gasteiger partial charge in [-0.25, -0.2) is 4.98 Å². The molecule has 0 spiro atoms. The predicted octanol–water partition coefficient (Wildman–Crippen LogP) is 2.82. The lowest BCUT2D eigenvalue weighted by molar-refractivity contribution is 0.0184. The van der Waals surface area contributed by atoms with Crippen LogP contribution in [0.3, 0.4) is 0 Å². The highest BCUT2D eigenvalue weighted by atomic mass is 32.1. The molecule has 0 amide bonds. The molecule has 1 aliphatic rings. The minimum absolute atomic E-state index is 0.000272. The van der Waals surface area contributed by atoms with E-state index in [0.717, 1.165) is 28.7 Å². The predicted molar refractivity (Wildman–Crippen MR) is 103 cm³/mol. The molecule has 4 rings (SSSR count). The highest BCUT2D eigenvalue weighted by Gasteiger charge is 2.22. The van der Waals surface area contributed by atoms with Crippen molar-refractivity contribution in [3.8, 4) is 10.4 Å². The number of rotatable bonds is 4. The number of ether oxygens (including phenoxy) is 1. The average molecular weight is 371 g/mol. The van der Waals surface area contributed by atoms with E-state index in [1.807, 2.05) is 24.3 Å². The fourth-order valence-corrected chi connectivity index (χ4v) is 4.09. The summed E-state index contributed by atoms with van der Waals surface area (Å²) in [6.07, 6.45) is 4.67. The van der Waals surface area contributed by atoms with Crippen LogP contribution >= 0.6 is 11.3 Å². The summed E-state index contributed by atoms with van der Waals surface area (Å²) in [5, 5.41) is 15.8. The minimum atomic E-state index is -0.613. The second-order valence-corrected chi connectivity index (χ2v) is 7.63. The van der Waals surface area contributed by atoms with Gasteiger partial charge in [-0.05, 0) is 42.0 Å². The van der Waals surface area contributed by atoms with Crippen LogP contribution in [0.5, 0.6) is 0 Å². The molecule has 0 aliphatic carbocycles. The van der Waals surface area contributed by atoms with Gasteiger partial charge in [0.2, 0.25) is 0 Å². The maximum atomic E-state index is 12.2. The topological polar surface area (TPSA) is 76.4 Å². The van der Waals surface area contributed by atoms with Crippen molar-refractivity contribution in [1.29, 1.82) is 0 Å². The molecule has 6 nitrogen and oxygen atoms in total. The Morgan fingerprint density at radius 1 is 1.35 bits per heavy atom. The monoisotopic (exact) mass is 371 g/mol. The molecule has 3 aromatic rings. The number of nitrogens with zero attached hydrogens (tertiary/aromatic N) is 2. The number of benzene rings is 1. The standard InChI is InChI=1S/C19H21N3O3S/c1-22-7-4-13-10-14(2-3-15(13)18(22)24)16-11-20-19(26-16)21-17(23)12-5-8-25-9-6-12/h2-4,7,10-12,17,23H,5-6,8-9H2,1H3,(H,20,21). The van der Waals surface area contributed by atoms with Gasteiger partial charge in [-0.15, -0.1) is 0 Å². The molecule has 26 heavy (non-hydrogen) atoms. The van der Waals surface area contributed by atoms with E-state index in [4.69, 9.17) is 4.74 Å². The van der Waals surface area contributed by atoms with E-state index in [0.29, 0.717) is 23.7 Å². The second-order valence-electron chi connectivity index (χ2n) is 6.60. The van der Waals surface area contributed by atoms with Crippen LogP contribution in [0.15, 0.2) is 41.5 Å². The van der Waals surface area contributed by atoms with Gasteiger partial charge in [0.05, 0.1) is 4.88 Å². The van der Waals surface area contributed by atoms with Crippen LogP contribution in [0.1, 0.15) is 12.8 Å². The van der Waals surface area contributed by atoms with Crippen LogP contribution in [-0.4, -0.2) is 34.1 Å². The largest absolute Gasteiger partial charge is 0.381 e. The number of nitrogens with one attached hydrogen (secondary N) is 1. The van der Waals surface area contributed by atoms with Crippen LogP contribution in [0, 0.1) is 5.92 Å². The van der Waals surface area contributed by atoms with Crippen molar-refractivity contribution in [2.75, 3.05) is 18.5 Å². The maximum absolute atomic E-state index is 12.2. The van der Waals surface area contributed by atoms with Crippen LogP contribution in [0.2, 0.25) is 0 Å². The number of anilines is 1. The Morgan fingerprint density at radius 2 is 2.15 bits per heavy atom. The number of aliphatic hydroxyl groups excluding tert-OH is 1. The molecule has 1 aromatic carbocycles. The van der Waals surface area contributed by atoms with Gasteiger partial charge in [-0.3, -0.25) is 4.79 Å². The van der Waals surface area contributed by atoms with Crippen LogP contribution in [0.25, 0.3) is 21.2 Å². The van der Waals surface area contributed by atoms with E-state index in [9.17, 15) is 9.90 Å². The molecule has 3 heterocycles. The maximum Gasteiger partial charge on any atom is 0.258 e. The molecule has 1 saturated heterocycles. The van der Waals surface area contributed by atoms with E-state index in [2.05, 4.69) is 10.3 Å². The van der Waals surface area contributed by atoms with Gasteiger partial charge in [-0.1, -0.05) is 17.4 Å². The summed E-state index contributed by atoms with van der Waals surface area (Å²) in [4.78, 5) is 17.5. The molecule has 1 unspecified atom stereocenters. The van der Waals surface area contributed by atoms with Crippen LogP contribution in [-0.2, 0) is 11.8 Å². The third-order valence-electron chi connectivity index (χ3n) is 4.85. The van der Waals surface area contributed by atoms with Crippen molar-refractivity contribution in [3.05, 3.63) is 47.0 Å². The first-order valence-electron chi connectivity index (χ1n) is 8.70. The number of hydrogen-bond donors (Lipinski definition) is 2. The van der Waals surface area contributed by atoms with Gasteiger partial charge in [0, 0.05) is 44.0 Å². The minimum Gasteiger partial charge on any atom is -0.381 e. The first kappa shape index (κ1) is 17.2. The molecule has 1 atom stereocenters. The fraction of sp³-hybridized carbons (Fsp3) is 0.368. The van der Waals surface area contributed by atoms with Gasteiger partial charge in [-0.2, -0.15) is 0 Å². The third-order valence-corrected chi connectivity index (χ3v) is 5.83. The van der Waals surface area contributed by atoms with Crippen molar-refractivity contribution in [2.45, 2.75) is 19.1 Å². The Morgan fingerprint density at radius 3 is 2.96 bits per heavy atom. The number of thiazole rings is 1. The molecule has 0 radical (unpaired) electrons. The lowest BCUT2D eigenvalue weighted by Gasteiger charge is -2.26. The highest BCUT2D eigenvalue weighted by molar-refractivity contribution is 7.18. The molecule has 2 N–H and O–H groups in total. The summed E-state index contributed by atoms with van der Waals surface area (Å²) >= 11 is 1.50. The van der Waals surface area contributed by atoms with Crippen LogP contribution < -0.4 is 10.9 Å². The third kappa shape index (κ3) is 3.38. The quantitative estimate of drug-likeness (QED) is 0.690. The van der Waals surface area contributed by atoms with Crippen molar-refractivity contribution in [3.63, 3.8) is 0 Å². The zero-order valence-corrected chi connectivity index (χ0v) is 15.3. The number of aromatic nitrogens is 2. The summed E-state index contributed by atoms with van der Waals surface area (Å²) in [7, 11) is 1.75. The van der Waals surface area contributed by atoms with Crippen LogP contribution in [0.4, 0.5) is 5.13 Å². The molecule has 136 valence electrons. The van der Waals surface area contributed by atoms with E-state index in [1.54, 1.807) is 24.0 Å². The normalized spacial score (nSPS) is 16.7. The Labute approximate surface area is 155 Å². The van der Waals surface area contributed by atoms with Crippen molar-refractivity contribution in [1.82, 2.24) is 9.55 Å². The Kier molecular flexibility index (Phi) is 4.76. The Bertz CT molecular complexity index is 976. The number of hydrogen-bond acceptors (Lipinski definition) is 6. The van der Waals surface area contributed by atoms with E-state index in [1.165, 1.54) is 11.3 Å². The zero-order chi connectivity index (χ0) is 18.1. The van der Waals surface area contributed by atoms with Crippen molar-refractivity contribution < 1.29 is 9.84 Å². The molecule has 0 bridgehead atoms. The highest BCUT2D eigenvalue weighted by Crippen LogP contribution is 2.31. The summed E-state index contributed by atoms with van der Waals surface area (Å²) in [5.74, 6) is 0.188. The van der Waals surface area contributed by atoms with E-state index >= 15 is 0 Å². The summed E-state index contributed by atoms with van der Waals surface area (Å²) in [6, 6.07) is 7.74. The number of fused-ring (bicyclic) bond motifs is 1. The SMILES string of the molecule is Cn1ccc2cc(-c3cnc(NC(O)C4CCOCC4)s3)ccc2c1=O. The summed E-state index contributed by atoms with van der Waals surface area (Å²) in [5.41, 5.74) is 1.01. The van der Waals surface area contributed by atoms with Gasteiger partial charge >= 0.3 is 0 Å². The van der Waals surface area contributed by atoms with Gasteiger partial charge < -0.3 is 19.7 Å². The van der Waals surface area contributed by atoms with Crippen molar-refractivity contribution >= 4 is 27.2 Å². The molecule has 7 heteroatoms. The first-order chi connectivity index (χ1) is 12.6. The Balaban J connectivity index is 1.55. The Hall–Kier alpha value is -2.22. The van der Waals surface area contributed by atoms with Gasteiger partial charge in [0.15, 0.2) is 5.13 Å². The molecule has 1 aliphatic heterocycles. The molecule has 0 saturated carbocycles. The summed E-state index contributed by atoms with van der Waals surface area (Å²) in [6.45, 7) is 1.39. The van der Waals surface area contributed by atoms with Gasteiger partial charge in [0.25, 0.3) is 5.56 Å². The molecule has 2 aromatic heterocycles. The molecule has 1 fully saturated rings.